The second-order valence-corrected chi connectivity index (χ2v) is 9.75. The van der Waals surface area contributed by atoms with Crippen molar-refractivity contribution < 1.29 is 52.2 Å². The first-order chi connectivity index (χ1) is 20.8. The topological polar surface area (TPSA) is 121 Å². The van der Waals surface area contributed by atoms with Crippen molar-refractivity contribution in [3.8, 4) is 0 Å². The first kappa shape index (κ1) is 39.1. The van der Waals surface area contributed by atoms with Gasteiger partial charge in [-0.15, -0.1) is 0 Å². The van der Waals surface area contributed by atoms with E-state index in [4.69, 9.17) is 47.4 Å². The molecule has 0 amide bonds. The number of ether oxygens (including phenoxy) is 10. The van der Waals surface area contributed by atoms with E-state index >= 15 is 0 Å². The summed E-state index contributed by atoms with van der Waals surface area (Å²) in [5.74, 6) is -0.148. The zero-order chi connectivity index (χ0) is 30.0. The number of piperidine rings is 1. The summed E-state index contributed by atoms with van der Waals surface area (Å²) < 4.78 is 54.7. The molecule has 1 saturated heterocycles. The summed E-state index contributed by atoms with van der Waals surface area (Å²) in [5, 5.41) is 3.33. The Balaban J connectivity index is 1.63. The van der Waals surface area contributed by atoms with E-state index in [0.29, 0.717) is 125 Å². The fourth-order valence-corrected chi connectivity index (χ4v) is 3.86. The Morgan fingerprint density at radius 3 is 1.31 bits per heavy atom. The van der Waals surface area contributed by atoms with E-state index < -0.39 is 0 Å². The van der Waals surface area contributed by atoms with E-state index in [-0.39, 0.29) is 12.6 Å². The highest BCUT2D eigenvalue weighted by atomic mass is 16.6. The van der Waals surface area contributed by atoms with Gasteiger partial charge < -0.3 is 52.7 Å². The number of carbonyl (C=O) groups excluding carboxylic acids is 1. The zero-order valence-corrected chi connectivity index (χ0v) is 26.2. The van der Waals surface area contributed by atoms with E-state index in [2.05, 4.69) is 12.2 Å². The monoisotopic (exact) mass is 609 g/mol. The number of unbranched alkanes of at least 4 members (excludes halogenated alkanes) is 3. The molecule has 250 valence electrons. The number of carbonyl (C=O) groups is 1. The van der Waals surface area contributed by atoms with Crippen molar-refractivity contribution >= 4 is 5.97 Å². The summed E-state index contributed by atoms with van der Waals surface area (Å²) in [7, 11) is 0. The molecule has 0 aromatic heterocycles. The van der Waals surface area contributed by atoms with Crippen molar-refractivity contribution in [2.24, 2.45) is 0 Å². The molecule has 0 aliphatic carbocycles. The van der Waals surface area contributed by atoms with Crippen molar-refractivity contribution in [3.05, 3.63) is 0 Å². The average Bonchev–Trinajstić information content (AvgIpc) is 3.01. The van der Waals surface area contributed by atoms with Gasteiger partial charge in [0.2, 0.25) is 0 Å². The number of esters is 1. The average molecular weight is 610 g/mol. The molecule has 0 aromatic rings. The van der Waals surface area contributed by atoms with Crippen molar-refractivity contribution in [1.29, 1.82) is 0 Å². The normalized spacial score (nSPS) is 14.0. The Labute approximate surface area is 253 Å². The first-order valence-corrected chi connectivity index (χ1v) is 15.9. The van der Waals surface area contributed by atoms with Crippen LogP contribution in [0.4, 0.5) is 0 Å². The van der Waals surface area contributed by atoms with E-state index in [1.54, 1.807) is 0 Å². The van der Waals surface area contributed by atoms with Crippen LogP contribution in [0, 0.1) is 0 Å². The maximum Gasteiger partial charge on any atom is 0.305 e. The standard InChI is InChI=1S/C30H59NO11/c1-2-3-4-5-6-30(32)42-28-26-40-24-22-38-20-18-36-16-14-34-12-11-33-13-15-35-17-19-37-21-23-39-25-27-41-29-7-9-31-10-8-29/h29,31H,2-28H2,1H3. The van der Waals surface area contributed by atoms with Gasteiger partial charge in [0.1, 0.15) is 6.61 Å². The molecule has 1 N–H and O–H groups in total. The number of rotatable bonds is 33. The Hall–Kier alpha value is -0.930. The lowest BCUT2D eigenvalue weighted by molar-refractivity contribution is -0.145. The molecule has 0 bridgehead atoms. The summed E-state index contributed by atoms with van der Waals surface area (Å²) in [5.41, 5.74) is 0. The fraction of sp³-hybridized carbons (Fsp3) is 0.967. The van der Waals surface area contributed by atoms with E-state index in [1.807, 2.05) is 0 Å². The molecular weight excluding hydrogens is 550 g/mol. The lowest BCUT2D eigenvalue weighted by Crippen LogP contribution is -2.33. The van der Waals surface area contributed by atoms with Gasteiger partial charge in [-0.25, -0.2) is 0 Å². The molecule has 12 nitrogen and oxygen atoms in total. The molecule has 42 heavy (non-hydrogen) atoms. The van der Waals surface area contributed by atoms with Gasteiger partial charge in [-0.1, -0.05) is 26.2 Å². The van der Waals surface area contributed by atoms with Gasteiger partial charge in [-0.2, -0.15) is 0 Å². The predicted octanol–water partition coefficient (Wildman–Crippen LogP) is 2.40. The summed E-state index contributed by atoms with van der Waals surface area (Å²) >= 11 is 0. The highest BCUT2D eigenvalue weighted by Gasteiger charge is 2.12. The minimum Gasteiger partial charge on any atom is -0.463 e. The molecule has 1 aliphatic rings. The van der Waals surface area contributed by atoms with E-state index in [0.717, 1.165) is 51.6 Å². The van der Waals surface area contributed by atoms with Gasteiger partial charge in [-0.3, -0.25) is 4.79 Å². The van der Waals surface area contributed by atoms with Crippen LogP contribution in [0.1, 0.15) is 51.9 Å². The molecule has 0 aromatic carbocycles. The molecule has 0 spiro atoms. The van der Waals surface area contributed by atoms with Crippen LogP contribution < -0.4 is 5.32 Å². The minimum absolute atomic E-state index is 0.148. The third kappa shape index (κ3) is 29.2. The van der Waals surface area contributed by atoms with Gasteiger partial charge in [-0.05, 0) is 32.4 Å². The summed E-state index contributed by atoms with van der Waals surface area (Å²) in [6.45, 7) is 13.3. The molecule has 0 atom stereocenters. The fourth-order valence-electron chi connectivity index (χ4n) is 3.86. The molecule has 1 fully saturated rings. The Morgan fingerprint density at radius 1 is 0.524 bits per heavy atom. The van der Waals surface area contributed by atoms with Crippen LogP contribution in [-0.2, 0) is 52.2 Å². The van der Waals surface area contributed by atoms with Crippen molar-refractivity contribution in [2.75, 3.05) is 132 Å². The van der Waals surface area contributed by atoms with Gasteiger partial charge in [0.15, 0.2) is 0 Å². The smallest absolute Gasteiger partial charge is 0.305 e. The summed E-state index contributed by atoms with van der Waals surface area (Å²) in [6, 6.07) is 0. The summed E-state index contributed by atoms with van der Waals surface area (Å²) in [6.07, 6.45) is 7.31. The maximum absolute atomic E-state index is 11.5. The number of hydrogen-bond donors (Lipinski definition) is 1. The van der Waals surface area contributed by atoms with Crippen LogP contribution in [0.15, 0.2) is 0 Å². The maximum atomic E-state index is 11.5. The van der Waals surface area contributed by atoms with Crippen LogP contribution >= 0.6 is 0 Å². The molecule has 0 unspecified atom stereocenters. The van der Waals surface area contributed by atoms with Crippen LogP contribution in [-0.4, -0.2) is 144 Å². The minimum atomic E-state index is -0.148. The molecule has 0 saturated carbocycles. The van der Waals surface area contributed by atoms with E-state index in [1.165, 1.54) is 0 Å². The predicted molar refractivity (Wildman–Crippen MR) is 158 cm³/mol. The highest BCUT2D eigenvalue weighted by Crippen LogP contribution is 2.06. The van der Waals surface area contributed by atoms with Crippen LogP contribution in [0.5, 0.6) is 0 Å². The van der Waals surface area contributed by atoms with Gasteiger partial charge in [0.25, 0.3) is 0 Å². The van der Waals surface area contributed by atoms with E-state index in [9.17, 15) is 4.79 Å². The third-order valence-corrected chi connectivity index (χ3v) is 6.20. The number of nitrogens with one attached hydrogen (secondary N) is 1. The molecule has 12 heteroatoms. The molecule has 0 radical (unpaired) electrons. The van der Waals surface area contributed by atoms with Crippen LogP contribution in [0.2, 0.25) is 0 Å². The van der Waals surface area contributed by atoms with Crippen molar-refractivity contribution in [3.63, 3.8) is 0 Å². The van der Waals surface area contributed by atoms with Gasteiger partial charge in [0.05, 0.1) is 118 Å². The molecular formula is C30H59NO11. The van der Waals surface area contributed by atoms with Crippen LogP contribution in [0.3, 0.4) is 0 Å². The summed E-state index contributed by atoms with van der Waals surface area (Å²) in [4.78, 5) is 11.5. The molecule has 1 rings (SSSR count). The second kappa shape index (κ2) is 33.0. The van der Waals surface area contributed by atoms with Crippen molar-refractivity contribution in [2.45, 2.75) is 58.0 Å². The Bertz CT molecular complexity index is 553. The zero-order valence-electron chi connectivity index (χ0n) is 26.2. The lowest BCUT2D eigenvalue weighted by Gasteiger charge is -2.22. The Morgan fingerprint density at radius 2 is 0.905 bits per heavy atom. The lowest BCUT2D eigenvalue weighted by atomic mass is 10.1. The van der Waals surface area contributed by atoms with Crippen molar-refractivity contribution in [1.82, 2.24) is 5.32 Å². The SMILES string of the molecule is CCCCCCC(=O)OCCOCCOCCOCCOCCOCCOCCOCCOCCOC1CCNCC1. The van der Waals surface area contributed by atoms with Gasteiger partial charge in [0, 0.05) is 6.42 Å². The first-order valence-electron chi connectivity index (χ1n) is 15.9. The molecule has 1 heterocycles. The Kier molecular flexibility index (Phi) is 30.7. The quantitative estimate of drug-likeness (QED) is 0.0869. The number of hydrogen-bond acceptors (Lipinski definition) is 12. The molecule has 1 aliphatic heterocycles. The highest BCUT2D eigenvalue weighted by molar-refractivity contribution is 5.69. The van der Waals surface area contributed by atoms with Crippen LogP contribution in [0.25, 0.3) is 0 Å². The van der Waals surface area contributed by atoms with Gasteiger partial charge >= 0.3 is 5.97 Å². The third-order valence-electron chi connectivity index (χ3n) is 6.20. The largest absolute Gasteiger partial charge is 0.463 e. The second-order valence-electron chi connectivity index (χ2n) is 9.75.